The van der Waals surface area contributed by atoms with Crippen molar-refractivity contribution in [2.24, 2.45) is 0 Å². The lowest BCUT2D eigenvalue weighted by atomic mass is 10.1. The summed E-state index contributed by atoms with van der Waals surface area (Å²) in [5.74, 6) is -0.00473. The summed E-state index contributed by atoms with van der Waals surface area (Å²) < 4.78 is 0. The molecule has 0 bridgehead atoms. The number of carbonyl (C=O) groups is 1. The first-order chi connectivity index (χ1) is 13.2. The second-order valence-electron chi connectivity index (χ2n) is 6.38. The molecule has 0 heterocycles. The molecule has 3 aromatic carbocycles. The van der Waals surface area contributed by atoms with Crippen molar-refractivity contribution < 1.29 is 4.79 Å². The first kappa shape index (κ1) is 18.4. The zero-order valence-electron chi connectivity index (χ0n) is 15.5. The molecule has 27 heavy (non-hydrogen) atoms. The highest BCUT2D eigenvalue weighted by Gasteiger charge is 2.13. The van der Waals surface area contributed by atoms with Crippen molar-refractivity contribution in [2.75, 3.05) is 0 Å². The second-order valence-corrected chi connectivity index (χ2v) is 6.38. The van der Waals surface area contributed by atoms with Gasteiger partial charge in [-0.25, -0.2) is 0 Å². The lowest BCUT2D eigenvalue weighted by Crippen LogP contribution is -2.25. The highest BCUT2D eigenvalue weighted by Crippen LogP contribution is 2.14. The summed E-state index contributed by atoms with van der Waals surface area (Å²) in [4.78, 5) is 14.8. The molecule has 0 atom stereocenters. The molecule has 134 valence electrons. The SMILES string of the molecule is C/C(=C\c1ccccc1)C(=O)N(/C=C/c1ccccc1)Cc1ccccc1. The predicted molar refractivity (Wildman–Crippen MR) is 113 cm³/mol. The second kappa shape index (κ2) is 9.35. The summed E-state index contributed by atoms with van der Waals surface area (Å²) in [5, 5.41) is 0. The first-order valence-corrected chi connectivity index (χ1v) is 9.04. The highest BCUT2D eigenvalue weighted by atomic mass is 16.2. The molecule has 0 saturated heterocycles. The number of rotatable bonds is 6. The van der Waals surface area contributed by atoms with E-state index in [2.05, 4.69) is 0 Å². The molecule has 3 aromatic rings. The molecule has 0 aliphatic heterocycles. The number of amides is 1. The Kier molecular flexibility index (Phi) is 6.37. The monoisotopic (exact) mass is 353 g/mol. The van der Waals surface area contributed by atoms with Gasteiger partial charge in [0.15, 0.2) is 0 Å². The van der Waals surface area contributed by atoms with Crippen LogP contribution in [0.1, 0.15) is 23.6 Å². The number of hydrogen-bond donors (Lipinski definition) is 0. The number of nitrogens with zero attached hydrogens (tertiary/aromatic N) is 1. The highest BCUT2D eigenvalue weighted by molar-refractivity contribution is 5.98. The molecule has 0 aromatic heterocycles. The Hall–Kier alpha value is -3.39. The summed E-state index contributed by atoms with van der Waals surface area (Å²) in [6, 6.07) is 30.0. The van der Waals surface area contributed by atoms with Crippen LogP contribution in [-0.2, 0) is 11.3 Å². The van der Waals surface area contributed by atoms with Gasteiger partial charge < -0.3 is 4.90 Å². The molecule has 0 aliphatic carbocycles. The van der Waals surface area contributed by atoms with Gasteiger partial charge in [0, 0.05) is 11.8 Å². The van der Waals surface area contributed by atoms with Crippen LogP contribution in [0.15, 0.2) is 103 Å². The summed E-state index contributed by atoms with van der Waals surface area (Å²) in [6.45, 7) is 2.40. The fraction of sp³-hybridized carbons (Fsp3) is 0.0800. The fourth-order valence-electron chi connectivity index (χ4n) is 2.80. The predicted octanol–water partition coefficient (Wildman–Crippen LogP) is 5.79. The van der Waals surface area contributed by atoms with E-state index in [1.165, 1.54) is 0 Å². The molecular weight excluding hydrogens is 330 g/mol. The van der Waals surface area contributed by atoms with Crippen molar-refractivity contribution >= 4 is 18.1 Å². The van der Waals surface area contributed by atoms with Gasteiger partial charge in [-0.3, -0.25) is 4.79 Å². The number of hydrogen-bond acceptors (Lipinski definition) is 1. The molecular formula is C25H23NO. The molecule has 0 radical (unpaired) electrons. The van der Waals surface area contributed by atoms with E-state index in [0.717, 1.165) is 16.7 Å². The van der Waals surface area contributed by atoms with Crippen LogP contribution in [0.5, 0.6) is 0 Å². The Morgan fingerprint density at radius 1 is 0.778 bits per heavy atom. The summed E-state index contributed by atoms with van der Waals surface area (Å²) in [5.41, 5.74) is 3.88. The minimum atomic E-state index is -0.00473. The molecule has 3 rings (SSSR count). The van der Waals surface area contributed by atoms with Gasteiger partial charge in [-0.2, -0.15) is 0 Å². The van der Waals surface area contributed by atoms with E-state index in [-0.39, 0.29) is 5.91 Å². The Bertz CT molecular complexity index is 912. The first-order valence-electron chi connectivity index (χ1n) is 9.04. The number of carbonyl (C=O) groups excluding carboxylic acids is 1. The van der Waals surface area contributed by atoms with E-state index in [4.69, 9.17) is 0 Å². The number of benzene rings is 3. The van der Waals surface area contributed by atoms with Crippen molar-refractivity contribution in [1.82, 2.24) is 4.90 Å². The normalized spacial score (nSPS) is 11.5. The zero-order valence-corrected chi connectivity index (χ0v) is 15.5. The van der Waals surface area contributed by atoms with Crippen LogP contribution in [0.2, 0.25) is 0 Å². The molecule has 0 saturated carbocycles. The minimum Gasteiger partial charge on any atom is -0.311 e. The Labute approximate surface area is 161 Å². The van der Waals surface area contributed by atoms with E-state index in [1.54, 1.807) is 4.90 Å². The van der Waals surface area contributed by atoms with Crippen molar-refractivity contribution in [3.8, 4) is 0 Å². The summed E-state index contributed by atoms with van der Waals surface area (Å²) in [7, 11) is 0. The van der Waals surface area contributed by atoms with Gasteiger partial charge in [0.2, 0.25) is 0 Å². The van der Waals surface area contributed by atoms with E-state index >= 15 is 0 Å². The molecule has 0 aliphatic rings. The zero-order chi connectivity index (χ0) is 18.9. The largest absolute Gasteiger partial charge is 0.311 e. The Balaban J connectivity index is 1.85. The van der Waals surface area contributed by atoms with Crippen molar-refractivity contribution in [1.29, 1.82) is 0 Å². The quantitative estimate of drug-likeness (QED) is 0.514. The third kappa shape index (κ3) is 5.55. The molecule has 0 spiro atoms. The lowest BCUT2D eigenvalue weighted by molar-refractivity contribution is -0.124. The topological polar surface area (TPSA) is 20.3 Å². The smallest absolute Gasteiger partial charge is 0.253 e. The van der Waals surface area contributed by atoms with E-state index in [1.807, 2.05) is 116 Å². The summed E-state index contributed by atoms with van der Waals surface area (Å²) >= 11 is 0. The van der Waals surface area contributed by atoms with Gasteiger partial charge in [-0.05, 0) is 35.8 Å². The van der Waals surface area contributed by atoms with Gasteiger partial charge in [0.25, 0.3) is 5.91 Å². The molecule has 0 N–H and O–H groups in total. The van der Waals surface area contributed by atoms with Gasteiger partial charge in [0.1, 0.15) is 0 Å². The maximum Gasteiger partial charge on any atom is 0.253 e. The van der Waals surface area contributed by atoms with Gasteiger partial charge in [-0.1, -0.05) is 91.0 Å². The van der Waals surface area contributed by atoms with Gasteiger partial charge in [-0.15, -0.1) is 0 Å². The van der Waals surface area contributed by atoms with Crippen LogP contribution in [-0.4, -0.2) is 10.8 Å². The van der Waals surface area contributed by atoms with Crippen LogP contribution in [0.3, 0.4) is 0 Å². The van der Waals surface area contributed by atoms with Gasteiger partial charge >= 0.3 is 0 Å². The lowest BCUT2D eigenvalue weighted by Gasteiger charge is -2.19. The maximum absolute atomic E-state index is 13.1. The average molecular weight is 353 g/mol. The fourth-order valence-corrected chi connectivity index (χ4v) is 2.80. The molecule has 1 amide bonds. The van der Waals surface area contributed by atoms with E-state index < -0.39 is 0 Å². The molecule has 2 heteroatoms. The molecule has 0 fully saturated rings. The van der Waals surface area contributed by atoms with Crippen LogP contribution < -0.4 is 0 Å². The van der Waals surface area contributed by atoms with Crippen LogP contribution >= 0.6 is 0 Å². The third-order valence-corrected chi connectivity index (χ3v) is 4.22. The molecule has 2 nitrogen and oxygen atoms in total. The van der Waals surface area contributed by atoms with Crippen molar-refractivity contribution in [3.05, 3.63) is 119 Å². The maximum atomic E-state index is 13.1. The van der Waals surface area contributed by atoms with E-state index in [9.17, 15) is 4.79 Å². The van der Waals surface area contributed by atoms with Crippen LogP contribution in [0, 0.1) is 0 Å². The average Bonchev–Trinajstić information content (AvgIpc) is 2.73. The molecule has 0 unspecified atom stereocenters. The van der Waals surface area contributed by atoms with Crippen molar-refractivity contribution in [3.63, 3.8) is 0 Å². The van der Waals surface area contributed by atoms with E-state index in [0.29, 0.717) is 12.1 Å². The van der Waals surface area contributed by atoms with Gasteiger partial charge in [0.05, 0.1) is 6.54 Å². The van der Waals surface area contributed by atoms with Crippen LogP contribution in [0.25, 0.3) is 12.2 Å². The van der Waals surface area contributed by atoms with Crippen LogP contribution in [0.4, 0.5) is 0 Å². The Morgan fingerprint density at radius 3 is 1.89 bits per heavy atom. The van der Waals surface area contributed by atoms with Crippen molar-refractivity contribution in [2.45, 2.75) is 13.5 Å². The minimum absolute atomic E-state index is 0.00473. The Morgan fingerprint density at radius 2 is 1.30 bits per heavy atom. The summed E-state index contributed by atoms with van der Waals surface area (Å²) in [6.07, 6.45) is 5.76. The third-order valence-electron chi connectivity index (χ3n) is 4.22. The standard InChI is InChI=1S/C25H23NO/c1-21(19-23-13-7-3-8-14-23)25(27)26(20-24-15-9-4-10-16-24)18-17-22-11-5-2-6-12-22/h2-19H,20H2,1H3/b18-17+,21-19+.